The lowest BCUT2D eigenvalue weighted by molar-refractivity contribution is -0.115. The molecule has 1 aliphatic carbocycles. The standard InChI is InChI=1S/C33H58N4O2/c1-9-13-30(38)31(26(4)36(8)20-22-39-21-10-2)32(28-23-25(3)35-29(24-28)27-14-15-27)37(18-12-11-17-34)19-16-33(5,6)7/h23,27H,9-22,24,34H2,1-8H3/b31-26+,32-28+. The molecule has 6 heteroatoms. The van der Waals surface area contributed by atoms with E-state index in [9.17, 15) is 4.79 Å². The van der Waals surface area contributed by atoms with Crippen LogP contribution in [0.5, 0.6) is 0 Å². The lowest BCUT2D eigenvalue weighted by Crippen LogP contribution is -2.34. The number of likely N-dealkylation sites (N-methyl/N-ethyl adjacent to an activating group) is 1. The zero-order chi connectivity index (χ0) is 29.0. The van der Waals surface area contributed by atoms with Crippen LogP contribution in [0.3, 0.4) is 0 Å². The fourth-order valence-electron chi connectivity index (χ4n) is 5.04. The fraction of sp³-hybridized carbons (Fsp3) is 0.758. The minimum absolute atomic E-state index is 0.195. The topological polar surface area (TPSA) is 71.2 Å². The number of nitrogens with zero attached hydrogens (tertiary/aromatic N) is 3. The number of hydrogen-bond donors (Lipinski definition) is 1. The van der Waals surface area contributed by atoms with E-state index in [-0.39, 0.29) is 11.2 Å². The van der Waals surface area contributed by atoms with Crippen molar-refractivity contribution in [3.8, 4) is 0 Å². The number of allylic oxidation sites excluding steroid dienone is 5. The molecule has 1 aliphatic heterocycles. The van der Waals surface area contributed by atoms with Gasteiger partial charge in [-0.3, -0.25) is 9.79 Å². The number of carbonyl (C=O) groups is 1. The van der Waals surface area contributed by atoms with Crippen molar-refractivity contribution in [1.29, 1.82) is 0 Å². The Labute approximate surface area is 239 Å². The fourth-order valence-corrected chi connectivity index (χ4v) is 5.04. The molecule has 2 N–H and O–H groups in total. The van der Waals surface area contributed by atoms with Crippen molar-refractivity contribution in [3.63, 3.8) is 0 Å². The Hall–Kier alpha value is -1.92. The summed E-state index contributed by atoms with van der Waals surface area (Å²) in [6, 6.07) is 0. The van der Waals surface area contributed by atoms with Crippen LogP contribution in [0.25, 0.3) is 0 Å². The molecule has 2 rings (SSSR count). The molecule has 0 spiro atoms. The summed E-state index contributed by atoms with van der Waals surface area (Å²) < 4.78 is 5.81. The monoisotopic (exact) mass is 542 g/mol. The maximum atomic E-state index is 14.0. The van der Waals surface area contributed by atoms with Crippen LogP contribution < -0.4 is 5.73 Å². The van der Waals surface area contributed by atoms with Crippen molar-refractivity contribution in [3.05, 3.63) is 34.3 Å². The molecule has 0 aromatic heterocycles. The summed E-state index contributed by atoms with van der Waals surface area (Å²) in [6.45, 7) is 20.0. The molecule has 0 amide bonds. The van der Waals surface area contributed by atoms with Crippen LogP contribution in [0.1, 0.15) is 106 Å². The van der Waals surface area contributed by atoms with Gasteiger partial charge < -0.3 is 20.3 Å². The summed E-state index contributed by atoms with van der Waals surface area (Å²) in [5, 5.41) is 0. The summed E-state index contributed by atoms with van der Waals surface area (Å²) in [5.74, 6) is 0.836. The molecule has 0 unspecified atom stereocenters. The number of Topliss-reactive ketones (excluding diaryl/α,β-unsaturated/α-hetero) is 1. The van der Waals surface area contributed by atoms with Crippen molar-refractivity contribution in [1.82, 2.24) is 9.80 Å². The Morgan fingerprint density at radius 3 is 2.41 bits per heavy atom. The number of carbonyl (C=O) groups excluding carboxylic acids is 1. The third-order valence-electron chi connectivity index (χ3n) is 7.60. The predicted molar refractivity (Wildman–Crippen MR) is 166 cm³/mol. The molecule has 222 valence electrons. The van der Waals surface area contributed by atoms with E-state index in [2.05, 4.69) is 71.4 Å². The van der Waals surface area contributed by atoms with Crippen LogP contribution in [-0.4, -0.2) is 67.7 Å². The zero-order valence-corrected chi connectivity index (χ0v) is 26.5. The molecule has 1 fully saturated rings. The quantitative estimate of drug-likeness (QED) is 0.151. The molecule has 0 radical (unpaired) electrons. The van der Waals surface area contributed by atoms with Crippen LogP contribution in [0.2, 0.25) is 0 Å². The highest BCUT2D eigenvalue weighted by Gasteiger charge is 2.33. The number of ketones is 1. The lowest BCUT2D eigenvalue weighted by atomic mass is 9.89. The molecule has 0 saturated heterocycles. The molecule has 1 saturated carbocycles. The predicted octanol–water partition coefficient (Wildman–Crippen LogP) is 6.88. The first-order valence-corrected chi connectivity index (χ1v) is 15.5. The van der Waals surface area contributed by atoms with Gasteiger partial charge in [-0.15, -0.1) is 0 Å². The second-order valence-corrected chi connectivity index (χ2v) is 12.7. The van der Waals surface area contributed by atoms with Crippen molar-refractivity contribution >= 4 is 11.5 Å². The van der Waals surface area contributed by atoms with Gasteiger partial charge in [0.1, 0.15) is 0 Å². The highest BCUT2D eigenvalue weighted by molar-refractivity contribution is 6.01. The van der Waals surface area contributed by atoms with Gasteiger partial charge in [0.05, 0.1) is 17.9 Å². The largest absolute Gasteiger partial charge is 0.380 e. The molecule has 2 aliphatic rings. The summed E-state index contributed by atoms with van der Waals surface area (Å²) in [7, 11) is 2.10. The van der Waals surface area contributed by atoms with Crippen LogP contribution in [0, 0.1) is 11.3 Å². The average Bonchev–Trinajstić information content (AvgIpc) is 3.72. The SMILES string of the molecule is CCCOCCN(C)/C(C)=C(C(=O)CCC)/C(=C1/C=C(C)N=C(C2CC2)C1)N(CCCCN)CCC(C)(C)C. The maximum Gasteiger partial charge on any atom is 0.166 e. The molecule has 0 aromatic rings. The lowest BCUT2D eigenvalue weighted by Gasteiger charge is -2.35. The Morgan fingerprint density at radius 1 is 1.10 bits per heavy atom. The van der Waals surface area contributed by atoms with Gasteiger partial charge in [-0.25, -0.2) is 0 Å². The van der Waals surface area contributed by atoms with Crippen molar-refractivity contribution in [2.24, 2.45) is 22.1 Å². The highest BCUT2D eigenvalue weighted by atomic mass is 16.5. The van der Waals surface area contributed by atoms with E-state index in [1.54, 1.807) is 0 Å². The summed E-state index contributed by atoms with van der Waals surface area (Å²) in [4.78, 5) is 23.7. The van der Waals surface area contributed by atoms with Gasteiger partial charge in [0.2, 0.25) is 0 Å². The number of hydrogen-bond acceptors (Lipinski definition) is 6. The molecular weight excluding hydrogens is 484 g/mol. The number of nitrogens with two attached hydrogens (primary N) is 1. The third-order valence-corrected chi connectivity index (χ3v) is 7.60. The first kappa shape index (κ1) is 33.3. The van der Waals surface area contributed by atoms with Gasteiger partial charge in [0.25, 0.3) is 0 Å². The first-order valence-electron chi connectivity index (χ1n) is 15.5. The van der Waals surface area contributed by atoms with E-state index in [4.69, 9.17) is 15.5 Å². The minimum atomic E-state index is 0.195. The van der Waals surface area contributed by atoms with Gasteiger partial charge in [-0.2, -0.15) is 0 Å². The summed E-state index contributed by atoms with van der Waals surface area (Å²) >= 11 is 0. The summed E-state index contributed by atoms with van der Waals surface area (Å²) in [5.41, 5.74) is 12.8. The second kappa shape index (κ2) is 16.4. The van der Waals surface area contributed by atoms with Gasteiger partial charge >= 0.3 is 0 Å². The van der Waals surface area contributed by atoms with E-state index in [0.717, 1.165) is 87.4 Å². The number of ether oxygens (including phenoxy) is 1. The van der Waals surface area contributed by atoms with Crippen molar-refractivity contribution in [2.75, 3.05) is 46.4 Å². The molecule has 1 heterocycles. The van der Waals surface area contributed by atoms with Crippen molar-refractivity contribution < 1.29 is 9.53 Å². The molecular formula is C33H58N4O2. The number of unbranched alkanes of at least 4 members (excludes halogenated alkanes) is 1. The minimum Gasteiger partial charge on any atom is -0.380 e. The van der Waals surface area contributed by atoms with E-state index >= 15 is 0 Å². The van der Waals surface area contributed by atoms with E-state index < -0.39 is 0 Å². The Kier molecular flexibility index (Phi) is 14.0. The Bertz CT molecular complexity index is 918. The molecule has 6 nitrogen and oxygen atoms in total. The van der Waals surface area contributed by atoms with Gasteiger partial charge in [0, 0.05) is 63.2 Å². The average molecular weight is 543 g/mol. The maximum absolute atomic E-state index is 14.0. The van der Waals surface area contributed by atoms with Gasteiger partial charge in [-0.05, 0) is 88.3 Å². The number of aliphatic imine (C=N–C) groups is 1. The smallest absolute Gasteiger partial charge is 0.166 e. The molecule has 0 aromatic carbocycles. The highest BCUT2D eigenvalue weighted by Crippen LogP contribution is 2.38. The van der Waals surface area contributed by atoms with Gasteiger partial charge in [-0.1, -0.05) is 34.6 Å². The first-order chi connectivity index (χ1) is 18.5. The number of rotatable bonds is 18. The second-order valence-electron chi connectivity index (χ2n) is 12.7. The summed E-state index contributed by atoms with van der Waals surface area (Å²) in [6.07, 6.45) is 11.0. The van der Waals surface area contributed by atoms with Crippen LogP contribution >= 0.6 is 0 Å². The van der Waals surface area contributed by atoms with E-state index in [1.165, 1.54) is 24.1 Å². The van der Waals surface area contributed by atoms with Crippen LogP contribution in [-0.2, 0) is 9.53 Å². The normalized spacial score (nSPS) is 17.9. The van der Waals surface area contributed by atoms with Crippen molar-refractivity contribution in [2.45, 2.75) is 106 Å². The Morgan fingerprint density at radius 2 is 1.82 bits per heavy atom. The van der Waals surface area contributed by atoms with Gasteiger partial charge in [0.15, 0.2) is 5.78 Å². The Balaban J connectivity index is 2.68. The molecule has 0 atom stereocenters. The third kappa shape index (κ3) is 11.2. The zero-order valence-electron chi connectivity index (χ0n) is 26.5. The van der Waals surface area contributed by atoms with E-state index in [1.807, 2.05) is 0 Å². The van der Waals surface area contributed by atoms with E-state index in [0.29, 0.717) is 25.5 Å². The molecule has 39 heavy (non-hydrogen) atoms. The van der Waals surface area contributed by atoms with Crippen LogP contribution in [0.4, 0.5) is 0 Å². The van der Waals surface area contributed by atoms with Crippen LogP contribution in [0.15, 0.2) is 39.3 Å². The molecule has 0 bridgehead atoms.